The summed E-state index contributed by atoms with van der Waals surface area (Å²) in [7, 11) is 1.67. The van der Waals surface area contributed by atoms with Crippen molar-refractivity contribution in [2.45, 2.75) is 18.9 Å². The second kappa shape index (κ2) is 8.55. The lowest BCUT2D eigenvalue weighted by Crippen LogP contribution is -2.26. The van der Waals surface area contributed by atoms with E-state index in [1.54, 1.807) is 13.4 Å². The molecule has 23 heavy (non-hydrogen) atoms. The number of hydrogen-bond acceptors (Lipinski definition) is 5. The highest BCUT2D eigenvalue weighted by atomic mass is 35.5. The molecule has 1 aliphatic heterocycles. The minimum absolute atomic E-state index is 0. The number of benzene rings is 1. The van der Waals surface area contributed by atoms with Crippen LogP contribution in [0.2, 0.25) is 0 Å². The number of nitrogens with zero attached hydrogens (tertiary/aromatic N) is 1. The molecule has 0 aliphatic carbocycles. The average molecular weight is 342 g/mol. The highest BCUT2D eigenvalue weighted by Crippen LogP contribution is 2.27. The van der Waals surface area contributed by atoms with Crippen molar-refractivity contribution < 1.29 is 19.0 Å². The topological polar surface area (TPSA) is 55.1 Å². The highest BCUT2D eigenvalue weighted by Gasteiger charge is 2.19. The molecule has 1 aliphatic rings. The van der Waals surface area contributed by atoms with Crippen molar-refractivity contribution in [1.82, 2.24) is 4.90 Å². The van der Waals surface area contributed by atoms with E-state index in [9.17, 15) is 5.11 Å². The molecule has 1 saturated heterocycles. The van der Waals surface area contributed by atoms with Gasteiger partial charge < -0.3 is 19.0 Å². The lowest BCUT2D eigenvalue weighted by molar-refractivity contribution is 0.106. The molecule has 5 nitrogen and oxygen atoms in total. The second-order valence-electron chi connectivity index (χ2n) is 5.73. The van der Waals surface area contributed by atoms with E-state index in [2.05, 4.69) is 11.0 Å². The molecule has 128 valence electrons. The number of likely N-dealkylation sites (tertiary alicyclic amines) is 1. The fraction of sp³-hybridized carbons (Fsp3) is 0.529. The van der Waals surface area contributed by atoms with Crippen molar-refractivity contribution in [1.29, 1.82) is 0 Å². The number of methoxy groups -OCH3 is 1. The average Bonchev–Trinajstić information content (AvgIpc) is 3.14. The zero-order valence-electron chi connectivity index (χ0n) is 13.4. The minimum atomic E-state index is -0.161. The zero-order valence-corrected chi connectivity index (χ0v) is 14.2. The largest absolute Gasteiger partial charge is 0.496 e. The molecule has 1 aromatic carbocycles. The molecule has 2 heterocycles. The number of fused-ring (bicyclic) bond motifs is 1. The number of hydrogen-bond donors (Lipinski definition) is 1. The Labute approximate surface area is 142 Å². The summed E-state index contributed by atoms with van der Waals surface area (Å²) in [6, 6.07) is 5.98. The molecule has 1 N–H and O–H groups in total. The van der Waals surface area contributed by atoms with Crippen LogP contribution in [0.1, 0.15) is 12.0 Å². The van der Waals surface area contributed by atoms with Crippen LogP contribution < -0.4 is 4.74 Å². The van der Waals surface area contributed by atoms with Gasteiger partial charge in [0, 0.05) is 31.1 Å². The van der Waals surface area contributed by atoms with Gasteiger partial charge in [0.25, 0.3) is 0 Å². The number of rotatable bonds is 7. The number of ether oxygens (including phenoxy) is 2. The Morgan fingerprint density at radius 3 is 2.96 bits per heavy atom. The molecular weight excluding hydrogens is 318 g/mol. The standard InChI is InChI=1S/C17H23NO4.ClH/c1-20-16-11-17-14(4-8-22-17)10-13(16)3-7-21-9-6-18-5-2-15(19)12-18;/h4,8,10-11,15,19H,2-3,5-7,9,12H2,1H3;1H. The third-order valence-electron chi connectivity index (χ3n) is 4.17. The van der Waals surface area contributed by atoms with Gasteiger partial charge in [-0.2, -0.15) is 0 Å². The van der Waals surface area contributed by atoms with Crippen LogP contribution in [0.15, 0.2) is 28.9 Å². The molecule has 1 fully saturated rings. The molecule has 6 heteroatoms. The molecule has 3 rings (SSSR count). The van der Waals surface area contributed by atoms with Gasteiger partial charge in [-0.3, -0.25) is 4.90 Å². The van der Waals surface area contributed by atoms with E-state index in [1.807, 2.05) is 12.1 Å². The lowest BCUT2D eigenvalue weighted by atomic mass is 10.1. The maximum absolute atomic E-state index is 9.47. The van der Waals surface area contributed by atoms with Gasteiger partial charge in [-0.05, 0) is 30.5 Å². The van der Waals surface area contributed by atoms with Gasteiger partial charge in [-0.15, -0.1) is 12.4 Å². The first-order chi connectivity index (χ1) is 10.8. The summed E-state index contributed by atoms with van der Waals surface area (Å²) in [5.41, 5.74) is 1.97. The fourth-order valence-corrected chi connectivity index (χ4v) is 2.92. The maximum atomic E-state index is 9.47. The van der Waals surface area contributed by atoms with Crippen LogP contribution in [-0.2, 0) is 11.2 Å². The Hall–Kier alpha value is -1.27. The highest BCUT2D eigenvalue weighted by molar-refractivity contribution is 5.85. The fourth-order valence-electron chi connectivity index (χ4n) is 2.92. The van der Waals surface area contributed by atoms with E-state index in [1.165, 1.54) is 0 Å². The third-order valence-corrected chi connectivity index (χ3v) is 4.17. The quantitative estimate of drug-likeness (QED) is 0.784. The van der Waals surface area contributed by atoms with Crippen LogP contribution in [0.25, 0.3) is 11.0 Å². The smallest absolute Gasteiger partial charge is 0.137 e. The van der Waals surface area contributed by atoms with Crippen LogP contribution in [0.5, 0.6) is 5.75 Å². The third kappa shape index (κ3) is 4.61. The molecule has 0 amide bonds. The van der Waals surface area contributed by atoms with Gasteiger partial charge in [0.2, 0.25) is 0 Å². The summed E-state index contributed by atoms with van der Waals surface area (Å²) < 4.78 is 16.5. The van der Waals surface area contributed by atoms with Gasteiger partial charge in [-0.1, -0.05) is 0 Å². The predicted octanol–water partition coefficient (Wildman–Crippen LogP) is 2.49. The molecule has 0 bridgehead atoms. The number of aliphatic hydroxyl groups excluding tert-OH is 1. The van der Waals surface area contributed by atoms with E-state index in [0.717, 1.165) is 54.8 Å². The van der Waals surface area contributed by atoms with Crippen LogP contribution in [0.3, 0.4) is 0 Å². The predicted molar refractivity (Wildman–Crippen MR) is 91.6 cm³/mol. The Balaban J connectivity index is 0.00000192. The monoisotopic (exact) mass is 341 g/mol. The van der Waals surface area contributed by atoms with E-state index < -0.39 is 0 Å². The Bertz CT molecular complexity index is 616. The van der Waals surface area contributed by atoms with Crippen molar-refractivity contribution in [3.8, 4) is 5.75 Å². The Kier molecular flexibility index (Phi) is 6.72. The van der Waals surface area contributed by atoms with Gasteiger partial charge in [0.15, 0.2) is 0 Å². The molecule has 1 aromatic heterocycles. The van der Waals surface area contributed by atoms with Gasteiger partial charge >= 0.3 is 0 Å². The molecule has 0 spiro atoms. The van der Waals surface area contributed by atoms with E-state index in [-0.39, 0.29) is 18.5 Å². The molecule has 0 radical (unpaired) electrons. The first-order valence-electron chi connectivity index (χ1n) is 7.78. The van der Waals surface area contributed by atoms with Crippen molar-refractivity contribution in [3.05, 3.63) is 30.0 Å². The van der Waals surface area contributed by atoms with E-state index in [4.69, 9.17) is 13.9 Å². The van der Waals surface area contributed by atoms with E-state index >= 15 is 0 Å². The molecule has 1 unspecified atom stereocenters. The number of aliphatic hydroxyl groups is 1. The van der Waals surface area contributed by atoms with Crippen molar-refractivity contribution >= 4 is 23.4 Å². The van der Waals surface area contributed by atoms with E-state index in [0.29, 0.717) is 13.2 Å². The zero-order chi connectivity index (χ0) is 15.4. The van der Waals surface area contributed by atoms with Crippen LogP contribution >= 0.6 is 12.4 Å². The number of furan rings is 1. The van der Waals surface area contributed by atoms with Crippen molar-refractivity contribution in [2.24, 2.45) is 0 Å². The Morgan fingerprint density at radius 1 is 1.35 bits per heavy atom. The Morgan fingerprint density at radius 2 is 2.22 bits per heavy atom. The number of halogens is 1. The van der Waals surface area contributed by atoms with Gasteiger partial charge in [0.05, 0.1) is 32.7 Å². The first kappa shape index (κ1) is 18.1. The van der Waals surface area contributed by atoms with Crippen molar-refractivity contribution in [3.63, 3.8) is 0 Å². The maximum Gasteiger partial charge on any atom is 0.137 e. The van der Waals surface area contributed by atoms with Crippen molar-refractivity contribution in [2.75, 3.05) is 40.0 Å². The van der Waals surface area contributed by atoms with Gasteiger partial charge in [-0.25, -0.2) is 0 Å². The molecule has 0 saturated carbocycles. The number of β-amino-alcohol motifs (C(OH)–C–C–N with tert-alkyl or cyclic N) is 1. The van der Waals surface area contributed by atoms with Gasteiger partial charge in [0.1, 0.15) is 11.3 Å². The summed E-state index contributed by atoms with van der Waals surface area (Å²) in [6.07, 6.45) is 3.22. The summed E-state index contributed by atoms with van der Waals surface area (Å²) in [4.78, 5) is 2.24. The normalized spacial score (nSPS) is 18.3. The molecular formula is C17H24ClNO4. The van der Waals surface area contributed by atoms with Crippen LogP contribution in [0.4, 0.5) is 0 Å². The first-order valence-corrected chi connectivity index (χ1v) is 7.78. The summed E-state index contributed by atoms with van der Waals surface area (Å²) in [5.74, 6) is 0.841. The minimum Gasteiger partial charge on any atom is -0.496 e. The molecule has 1 atom stereocenters. The summed E-state index contributed by atoms with van der Waals surface area (Å²) in [5, 5.41) is 10.6. The summed E-state index contributed by atoms with van der Waals surface area (Å²) in [6.45, 7) is 3.98. The second-order valence-corrected chi connectivity index (χ2v) is 5.73. The lowest BCUT2D eigenvalue weighted by Gasteiger charge is -2.15. The SMILES string of the molecule is COc1cc2occc2cc1CCOCCN1CCC(O)C1.Cl. The summed E-state index contributed by atoms with van der Waals surface area (Å²) >= 11 is 0. The van der Waals surface area contributed by atoms with Crippen LogP contribution in [0, 0.1) is 0 Å². The van der Waals surface area contributed by atoms with Crippen LogP contribution in [-0.4, -0.2) is 56.1 Å². The molecule has 2 aromatic rings.